The average molecular weight is 422 g/mol. The summed E-state index contributed by atoms with van der Waals surface area (Å²) in [5.41, 5.74) is -4.94. The van der Waals surface area contributed by atoms with Gasteiger partial charge in [0.1, 0.15) is 5.75 Å². The Hall–Kier alpha value is -1.77. The highest BCUT2D eigenvalue weighted by atomic mass is 32.2. The molecule has 1 aromatic carbocycles. The van der Waals surface area contributed by atoms with Crippen LogP contribution in [0.5, 0.6) is 5.75 Å². The Bertz CT molecular complexity index is 786. The molecule has 2 rings (SSSR count). The second-order valence-electron chi connectivity index (χ2n) is 8.35. The first-order valence-corrected chi connectivity index (χ1v) is 10.5. The topological polar surface area (TPSA) is 80.7 Å². The third kappa shape index (κ3) is 5.18. The maximum absolute atomic E-state index is 12.4. The van der Waals surface area contributed by atoms with Gasteiger partial charge in [0.2, 0.25) is 0 Å². The number of hydrogen-bond donors (Lipinski definition) is 1. The van der Waals surface area contributed by atoms with Crippen LogP contribution in [0.4, 0.5) is 13.2 Å². The fourth-order valence-corrected chi connectivity index (χ4v) is 4.49. The smallest absolute Gasteiger partial charge is 0.481 e. The van der Waals surface area contributed by atoms with Crippen molar-refractivity contribution in [1.82, 2.24) is 0 Å². The molecule has 0 radical (unpaired) electrons. The van der Waals surface area contributed by atoms with Crippen molar-refractivity contribution < 1.29 is 35.7 Å². The van der Waals surface area contributed by atoms with Crippen LogP contribution in [0.3, 0.4) is 0 Å². The van der Waals surface area contributed by atoms with Gasteiger partial charge in [-0.2, -0.15) is 21.6 Å². The Morgan fingerprint density at radius 1 is 1.07 bits per heavy atom. The summed E-state index contributed by atoms with van der Waals surface area (Å²) in [4.78, 5) is 11.7. The number of aliphatic carboxylic acids is 1. The van der Waals surface area contributed by atoms with Gasteiger partial charge in [-0.05, 0) is 60.6 Å². The van der Waals surface area contributed by atoms with Crippen LogP contribution >= 0.6 is 0 Å². The fraction of sp³-hybridized carbons (Fsp3) is 0.632. The van der Waals surface area contributed by atoms with Gasteiger partial charge in [0.05, 0.1) is 5.92 Å². The molecule has 0 aromatic heterocycles. The second-order valence-corrected chi connectivity index (χ2v) is 9.88. The molecule has 0 bridgehead atoms. The minimum atomic E-state index is -5.68. The zero-order valence-electron chi connectivity index (χ0n) is 16.0. The van der Waals surface area contributed by atoms with Crippen molar-refractivity contribution >= 4 is 16.1 Å². The number of carbonyl (C=O) groups is 1. The first-order chi connectivity index (χ1) is 12.7. The van der Waals surface area contributed by atoms with Crippen molar-refractivity contribution in [2.75, 3.05) is 0 Å². The molecule has 5 nitrogen and oxygen atoms in total. The van der Waals surface area contributed by atoms with E-state index in [2.05, 4.69) is 4.18 Å². The van der Waals surface area contributed by atoms with Crippen LogP contribution in [0, 0.1) is 17.3 Å². The van der Waals surface area contributed by atoms with Crippen LogP contribution in [0.15, 0.2) is 24.3 Å². The molecular weight excluding hydrogens is 397 g/mol. The van der Waals surface area contributed by atoms with E-state index in [1.165, 1.54) is 12.1 Å². The second kappa shape index (κ2) is 7.93. The zero-order chi connectivity index (χ0) is 21.3. The first-order valence-electron chi connectivity index (χ1n) is 9.06. The van der Waals surface area contributed by atoms with Gasteiger partial charge in [0.15, 0.2) is 0 Å². The van der Waals surface area contributed by atoms with Gasteiger partial charge in [0.25, 0.3) is 0 Å². The largest absolute Gasteiger partial charge is 0.534 e. The van der Waals surface area contributed by atoms with E-state index in [4.69, 9.17) is 0 Å². The Labute approximate surface area is 163 Å². The number of carboxylic acid groups (broad SMARTS) is 1. The molecule has 0 amide bonds. The molecule has 1 aromatic rings. The molecule has 28 heavy (non-hydrogen) atoms. The molecule has 1 unspecified atom stereocenters. The quantitative estimate of drug-likeness (QED) is 0.537. The summed E-state index contributed by atoms with van der Waals surface area (Å²) in [5, 5.41) is 9.58. The predicted molar refractivity (Wildman–Crippen MR) is 97.3 cm³/mol. The summed E-state index contributed by atoms with van der Waals surface area (Å²) < 4.78 is 63.3. The molecule has 1 atom stereocenters. The minimum Gasteiger partial charge on any atom is -0.481 e. The monoisotopic (exact) mass is 422 g/mol. The van der Waals surface area contributed by atoms with E-state index < -0.39 is 33.3 Å². The molecule has 1 aliphatic rings. The van der Waals surface area contributed by atoms with Gasteiger partial charge in [0, 0.05) is 0 Å². The number of rotatable bonds is 5. The van der Waals surface area contributed by atoms with Gasteiger partial charge in [-0.15, -0.1) is 0 Å². The van der Waals surface area contributed by atoms with Crippen LogP contribution in [0.2, 0.25) is 0 Å². The Morgan fingerprint density at radius 3 is 1.96 bits per heavy atom. The molecule has 158 valence electrons. The Morgan fingerprint density at radius 2 is 1.57 bits per heavy atom. The number of halogens is 3. The molecule has 1 saturated carbocycles. The molecule has 1 aliphatic carbocycles. The van der Waals surface area contributed by atoms with Crippen molar-refractivity contribution in [1.29, 1.82) is 0 Å². The van der Waals surface area contributed by atoms with E-state index in [9.17, 15) is 31.5 Å². The zero-order valence-corrected chi connectivity index (χ0v) is 16.8. The number of alkyl halides is 3. The molecule has 9 heteroatoms. The van der Waals surface area contributed by atoms with Crippen LogP contribution < -0.4 is 4.18 Å². The fourth-order valence-electron chi connectivity index (χ4n) is 4.03. The van der Waals surface area contributed by atoms with Gasteiger partial charge in [-0.25, -0.2) is 0 Å². The van der Waals surface area contributed by atoms with Crippen molar-refractivity contribution in [3.05, 3.63) is 29.8 Å². The normalized spacial score (nSPS) is 22.5. The SMILES string of the molecule is CC(C)(C)C(C(=O)O)[C@H]1CC[C@H](c2ccc(OS(=O)(=O)C(F)(F)F)cc2)CC1. The maximum atomic E-state index is 12.4. The summed E-state index contributed by atoms with van der Waals surface area (Å²) in [6.45, 7) is 5.77. The average Bonchev–Trinajstić information content (AvgIpc) is 2.53. The lowest BCUT2D eigenvalue weighted by atomic mass is 9.66. The van der Waals surface area contributed by atoms with Gasteiger partial charge < -0.3 is 9.29 Å². The molecule has 0 heterocycles. The molecular formula is C19H25F3O5S. The van der Waals surface area contributed by atoms with Crippen LogP contribution in [0.1, 0.15) is 57.9 Å². The van der Waals surface area contributed by atoms with Gasteiger partial charge in [-0.3, -0.25) is 4.79 Å². The van der Waals surface area contributed by atoms with Crippen molar-refractivity contribution in [3.63, 3.8) is 0 Å². The molecule has 0 aliphatic heterocycles. The first kappa shape index (κ1) is 22.5. The standard InChI is InChI=1S/C19H25F3O5S/c1-18(2,3)16(17(23)24)14-6-4-12(5-7-14)13-8-10-15(11-9-13)27-28(25,26)19(20,21)22/h8-12,14,16H,4-7H2,1-3H3,(H,23,24)/t12-,14-,16?. The lowest BCUT2D eigenvalue weighted by Crippen LogP contribution is -2.36. The van der Waals surface area contributed by atoms with Crippen LogP contribution in [0.25, 0.3) is 0 Å². The van der Waals surface area contributed by atoms with Crippen LogP contribution in [-0.2, 0) is 14.9 Å². The van der Waals surface area contributed by atoms with Gasteiger partial charge in [-0.1, -0.05) is 32.9 Å². The summed E-state index contributed by atoms with van der Waals surface area (Å²) >= 11 is 0. The Kier molecular flexibility index (Phi) is 6.37. The van der Waals surface area contributed by atoms with Crippen molar-refractivity contribution in [2.24, 2.45) is 17.3 Å². The summed E-state index contributed by atoms with van der Waals surface area (Å²) in [6, 6.07) is 5.54. The van der Waals surface area contributed by atoms with Crippen molar-refractivity contribution in [2.45, 2.75) is 57.9 Å². The van der Waals surface area contributed by atoms with E-state index in [0.717, 1.165) is 31.2 Å². The van der Waals surface area contributed by atoms with E-state index in [0.29, 0.717) is 0 Å². The highest BCUT2D eigenvalue weighted by Gasteiger charge is 2.48. The van der Waals surface area contributed by atoms with Gasteiger partial charge >= 0.3 is 21.6 Å². The number of carboxylic acids is 1. The number of benzene rings is 1. The minimum absolute atomic E-state index is 0.0771. The summed E-state index contributed by atoms with van der Waals surface area (Å²) in [5.74, 6) is -1.39. The highest BCUT2D eigenvalue weighted by Crippen LogP contribution is 2.44. The van der Waals surface area contributed by atoms with E-state index >= 15 is 0 Å². The molecule has 1 N–H and O–H groups in total. The highest BCUT2D eigenvalue weighted by molar-refractivity contribution is 7.88. The lowest BCUT2D eigenvalue weighted by molar-refractivity contribution is -0.149. The molecule has 0 saturated heterocycles. The van der Waals surface area contributed by atoms with E-state index in [1.807, 2.05) is 20.8 Å². The molecule has 0 spiro atoms. The lowest BCUT2D eigenvalue weighted by Gasteiger charge is -2.38. The third-order valence-corrected chi connectivity index (χ3v) is 6.26. The maximum Gasteiger partial charge on any atom is 0.534 e. The number of hydrogen-bond acceptors (Lipinski definition) is 4. The summed E-state index contributed by atoms with van der Waals surface area (Å²) in [6.07, 6.45) is 3.04. The van der Waals surface area contributed by atoms with Crippen molar-refractivity contribution in [3.8, 4) is 5.75 Å². The Balaban J connectivity index is 2.03. The van der Waals surface area contributed by atoms with E-state index in [1.54, 1.807) is 12.1 Å². The third-order valence-electron chi connectivity index (χ3n) is 5.28. The van der Waals surface area contributed by atoms with Crippen LogP contribution in [-0.4, -0.2) is 25.0 Å². The van der Waals surface area contributed by atoms with E-state index in [-0.39, 0.29) is 17.3 Å². The summed E-state index contributed by atoms with van der Waals surface area (Å²) in [7, 11) is -5.68. The molecule has 1 fully saturated rings. The predicted octanol–water partition coefficient (Wildman–Crippen LogP) is 4.94.